The van der Waals surface area contributed by atoms with Crippen molar-refractivity contribution in [3.8, 4) is 5.88 Å². The van der Waals surface area contributed by atoms with Gasteiger partial charge in [-0.1, -0.05) is 13.8 Å². The van der Waals surface area contributed by atoms with Gasteiger partial charge in [0.1, 0.15) is 5.65 Å². The fourth-order valence-corrected chi connectivity index (χ4v) is 4.16. The van der Waals surface area contributed by atoms with Crippen molar-refractivity contribution in [2.24, 2.45) is 5.92 Å². The summed E-state index contributed by atoms with van der Waals surface area (Å²) in [6.07, 6.45) is 10.7. The first kappa shape index (κ1) is 20.8. The number of nitrogens with zero attached hydrogens (tertiary/aromatic N) is 4. The molecule has 32 heavy (non-hydrogen) atoms. The second-order valence-electron chi connectivity index (χ2n) is 9.63. The number of hydrogen-bond donors (Lipinski definition) is 2. The Morgan fingerprint density at radius 2 is 1.88 bits per heavy atom. The molecule has 3 aliphatic rings. The lowest BCUT2D eigenvalue weighted by molar-refractivity contribution is -0.127. The van der Waals surface area contributed by atoms with Gasteiger partial charge in [-0.05, 0) is 50.5 Å². The Bertz CT molecular complexity index is 1150. The van der Waals surface area contributed by atoms with E-state index in [1.54, 1.807) is 6.08 Å². The number of carbonyl (C=O) groups is 2. The maximum atomic E-state index is 13.3. The van der Waals surface area contributed by atoms with Crippen LogP contribution in [0, 0.1) is 5.92 Å². The second kappa shape index (κ2) is 7.79. The highest BCUT2D eigenvalue weighted by atomic mass is 16.3. The molecule has 5 rings (SSSR count). The lowest BCUT2D eigenvalue weighted by Gasteiger charge is -2.20. The summed E-state index contributed by atoms with van der Waals surface area (Å²) in [5.41, 5.74) is 0.0685. The van der Waals surface area contributed by atoms with E-state index in [9.17, 15) is 19.5 Å². The quantitative estimate of drug-likeness (QED) is 0.611. The Morgan fingerprint density at radius 1 is 1.22 bits per heavy atom. The van der Waals surface area contributed by atoms with Gasteiger partial charge in [0.25, 0.3) is 11.5 Å². The van der Waals surface area contributed by atoms with Crippen LogP contribution in [-0.2, 0) is 11.3 Å². The molecule has 0 unspecified atom stereocenters. The number of aromatic nitrogens is 3. The van der Waals surface area contributed by atoms with Crippen molar-refractivity contribution in [2.75, 3.05) is 0 Å². The van der Waals surface area contributed by atoms with Crippen LogP contribution in [0.25, 0.3) is 11.7 Å². The van der Waals surface area contributed by atoms with Crippen molar-refractivity contribution in [1.82, 2.24) is 24.4 Å². The van der Waals surface area contributed by atoms with E-state index in [0.717, 1.165) is 38.5 Å². The summed E-state index contributed by atoms with van der Waals surface area (Å²) in [6, 6.07) is 0.747. The molecular weight excluding hydrogens is 410 g/mol. The van der Waals surface area contributed by atoms with Crippen LogP contribution in [-0.4, -0.2) is 54.1 Å². The van der Waals surface area contributed by atoms with E-state index in [-0.39, 0.29) is 23.4 Å². The molecule has 9 nitrogen and oxygen atoms in total. The summed E-state index contributed by atoms with van der Waals surface area (Å²) in [5, 5.41) is 17.8. The van der Waals surface area contributed by atoms with Crippen molar-refractivity contribution in [2.45, 2.75) is 77.0 Å². The van der Waals surface area contributed by atoms with Crippen LogP contribution in [0.1, 0.15) is 68.3 Å². The number of carbonyl (C=O) groups excluding carboxylic acids is 2. The van der Waals surface area contributed by atoms with Crippen molar-refractivity contribution in [1.29, 1.82) is 0 Å². The zero-order chi connectivity index (χ0) is 22.6. The van der Waals surface area contributed by atoms with E-state index in [1.807, 2.05) is 18.7 Å². The van der Waals surface area contributed by atoms with E-state index in [2.05, 4.69) is 10.4 Å². The third kappa shape index (κ3) is 3.91. The molecule has 3 fully saturated rings. The highest BCUT2D eigenvalue weighted by Gasteiger charge is 2.41. The van der Waals surface area contributed by atoms with Gasteiger partial charge < -0.3 is 15.3 Å². The molecule has 2 amide bonds. The Balaban J connectivity index is 1.54. The largest absolute Gasteiger partial charge is 0.492 e. The molecule has 3 saturated carbocycles. The topological polar surface area (TPSA) is 109 Å². The van der Waals surface area contributed by atoms with Gasteiger partial charge in [0.2, 0.25) is 11.8 Å². The van der Waals surface area contributed by atoms with Gasteiger partial charge in [0.15, 0.2) is 5.56 Å². The summed E-state index contributed by atoms with van der Waals surface area (Å²) in [5.74, 6) is -0.973. The van der Waals surface area contributed by atoms with Gasteiger partial charge in [-0.3, -0.25) is 19.0 Å². The van der Waals surface area contributed by atoms with Crippen LogP contribution in [0.5, 0.6) is 5.88 Å². The molecule has 0 bridgehead atoms. The molecule has 2 aromatic heterocycles. The minimum atomic E-state index is -0.582. The third-order valence-corrected chi connectivity index (χ3v) is 6.14. The molecule has 0 aromatic carbocycles. The second-order valence-corrected chi connectivity index (χ2v) is 9.63. The van der Waals surface area contributed by atoms with E-state index in [1.165, 1.54) is 21.4 Å². The van der Waals surface area contributed by atoms with E-state index < -0.39 is 17.3 Å². The van der Waals surface area contributed by atoms with Crippen LogP contribution >= 0.6 is 0 Å². The molecule has 0 radical (unpaired) electrons. The minimum Gasteiger partial charge on any atom is -0.492 e. The standard InChI is InChI=1S/C23H29N5O4/c1-13(2)12-26-21-14(3-10-18(29)27(16-6-7-16)17-8-9-17)11-24-28(21)23(32)19(22(26)31)20(30)25-15-4-5-15/h3,10-11,13,15-17,32H,4-9,12H2,1-2H3,(H,25,30)/b10-3+. The maximum absolute atomic E-state index is 13.3. The van der Waals surface area contributed by atoms with Gasteiger partial charge in [-0.15, -0.1) is 0 Å². The fraction of sp³-hybridized carbons (Fsp3) is 0.565. The highest BCUT2D eigenvalue weighted by Crippen LogP contribution is 2.37. The van der Waals surface area contributed by atoms with Crippen LogP contribution in [0.4, 0.5) is 0 Å². The van der Waals surface area contributed by atoms with E-state index >= 15 is 0 Å². The van der Waals surface area contributed by atoms with E-state index in [0.29, 0.717) is 29.8 Å². The van der Waals surface area contributed by atoms with Crippen LogP contribution < -0.4 is 10.9 Å². The molecule has 0 aliphatic heterocycles. The minimum absolute atomic E-state index is 0.0308. The zero-order valence-corrected chi connectivity index (χ0v) is 18.5. The Morgan fingerprint density at radius 3 is 2.44 bits per heavy atom. The van der Waals surface area contributed by atoms with Crippen molar-refractivity contribution in [3.63, 3.8) is 0 Å². The Kier molecular flexibility index (Phi) is 5.06. The summed E-state index contributed by atoms with van der Waals surface area (Å²) < 4.78 is 2.69. The first-order chi connectivity index (χ1) is 15.3. The number of aromatic hydroxyl groups is 1. The van der Waals surface area contributed by atoms with Gasteiger partial charge in [-0.25, -0.2) is 0 Å². The van der Waals surface area contributed by atoms with Gasteiger partial charge in [0.05, 0.1) is 6.20 Å². The summed E-state index contributed by atoms with van der Waals surface area (Å²) in [7, 11) is 0. The molecule has 0 atom stereocenters. The van der Waals surface area contributed by atoms with Gasteiger partial charge in [0, 0.05) is 36.3 Å². The van der Waals surface area contributed by atoms with Crippen molar-refractivity contribution < 1.29 is 14.7 Å². The SMILES string of the molecule is CC(C)Cn1c(=O)c(C(=O)NC2CC2)c(O)n2ncc(/C=C/C(=O)N(C3CC3)C3CC3)c12. The van der Waals surface area contributed by atoms with Gasteiger partial charge in [-0.2, -0.15) is 9.61 Å². The number of nitrogens with one attached hydrogen (secondary N) is 1. The molecule has 0 saturated heterocycles. The normalized spacial score (nSPS) is 18.6. The lowest BCUT2D eigenvalue weighted by Crippen LogP contribution is -2.36. The van der Waals surface area contributed by atoms with Crippen molar-refractivity contribution >= 4 is 23.5 Å². The molecule has 2 heterocycles. The summed E-state index contributed by atoms with van der Waals surface area (Å²) in [6.45, 7) is 4.29. The third-order valence-electron chi connectivity index (χ3n) is 6.14. The number of rotatable bonds is 8. The average Bonchev–Trinajstić information content (AvgIpc) is 3.57. The van der Waals surface area contributed by atoms with Crippen LogP contribution in [0.3, 0.4) is 0 Å². The molecule has 2 N–H and O–H groups in total. The fourth-order valence-electron chi connectivity index (χ4n) is 4.16. The number of fused-ring (bicyclic) bond motifs is 1. The molecular formula is C23H29N5O4. The lowest BCUT2D eigenvalue weighted by atomic mass is 10.2. The molecule has 9 heteroatoms. The zero-order valence-electron chi connectivity index (χ0n) is 18.5. The number of hydrogen-bond acceptors (Lipinski definition) is 5. The predicted octanol–water partition coefficient (Wildman–Crippen LogP) is 1.92. The Hall–Kier alpha value is -3.10. The maximum Gasteiger partial charge on any atom is 0.270 e. The predicted molar refractivity (Wildman–Crippen MR) is 118 cm³/mol. The van der Waals surface area contributed by atoms with Crippen LogP contribution in [0.15, 0.2) is 17.1 Å². The van der Waals surface area contributed by atoms with E-state index in [4.69, 9.17) is 0 Å². The highest BCUT2D eigenvalue weighted by molar-refractivity contribution is 5.97. The number of amides is 2. The first-order valence-corrected chi connectivity index (χ1v) is 11.5. The average molecular weight is 440 g/mol. The summed E-state index contributed by atoms with van der Waals surface area (Å²) in [4.78, 5) is 40.7. The molecule has 170 valence electrons. The monoisotopic (exact) mass is 439 g/mol. The Labute approximate surface area is 185 Å². The molecule has 3 aliphatic carbocycles. The van der Waals surface area contributed by atoms with Gasteiger partial charge >= 0.3 is 0 Å². The summed E-state index contributed by atoms with van der Waals surface area (Å²) >= 11 is 0. The molecule has 0 spiro atoms. The molecule has 2 aromatic rings. The van der Waals surface area contributed by atoms with Crippen molar-refractivity contribution in [3.05, 3.63) is 33.8 Å². The first-order valence-electron chi connectivity index (χ1n) is 11.5. The van der Waals surface area contributed by atoms with Crippen LogP contribution in [0.2, 0.25) is 0 Å². The smallest absolute Gasteiger partial charge is 0.270 e.